The van der Waals surface area contributed by atoms with Crippen molar-refractivity contribution in [2.24, 2.45) is 0 Å². The number of hydrogen-bond donors (Lipinski definition) is 2. The van der Waals surface area contributed by atoms with Crippen molar-refractivity contribution >= 4 is 5.78 Å². The third-order valence-corrected chi connectivity index (χ3v) is 6.78. The lowest BCUT2D eigenvalue weighted by Gasteiger charge is -2.29. The van der Waals surface area contributed by atoms with Gasteiger partial charge < -0.3 is 36.8 Å². The highest BCUT2D eigenvalue weighted by atomic mass is 35.5. The molecule has 0 bridgehead atoms. The summed E-state index contributed by atoms with van der Waals surface area (Å²) in [5.41, 5.74) is 3.71. The fourth-order valence-electron chi connectivity index (χ4n) is 4.71. The lowest BCUT2D eigenvalue weighted by Crippen LogP contribution is -3.00. The van der Waals surface area contributed by atoms with Gasteiger partial charge in [-0.3, -0.25) is 4.79 Å². The zero-order chi connectivity index (χ0) is 25.8. The number of aromatic hydroxyl groups is 1. The van der Waals surface area contributed by atoms with E-state index in [9.17, 15) is 9.90 Å². The summed E-state index contributed by atoms with van der Waals surface area (Å²) in [6.07, 6.45) is 4.71. The lowest BCUT2D eigenvalue weighted by atomic mass is 9.96. The van der Waals surface area contributed by atoms with Crippen LogP contribution in [0.3, 0.4) is 0 Å². The molecular weight excluding hydrogens is 504 g/mol. The van der Waals surface area contributed by atoms with E-state index in [1.807, 2.05) is 48.5 Å². The van der Waals surface area contributed by atoms with Crippen molar-refractivity contribution in [3.05, 3.63) is 84.1 Å². The summed E-state index contributed by atoms with van der Waals surface area (Å²) in [5, 5.41) is 17.4. The molecule has 1 aliphatic rings. The van der Waals surface area contributed by atoms with E-state index in [0.717, 1.165) is 29.7 Å². The number of methoxy groups -OCH3 is 1. The maximum absolute atomic E-state index is 13.8. The van der Waals surface area contributed by atoms with Gasteiger partial charge >= 0.3 is 0 Å². The number of rotatable bonds is 8. The summed E-state index contributed by atoms with van der Waals surface area (Å²) in [4.78, 5) is 13.8. The van der Waals surface area contributed by atoms with Crippen LogP contribution in [0.5, 0.6) is 17.2 Å². The molecule has 0 aliphatic carbocycles. The molecule has 38 heavy (non-hydrogen) atoms. The highest BCUT2D eigenvalue weighted by Gasteiger charge is 2.24. The first-order chi connectivity index (χ1) is 18.0. The first kappa shape index (κ1) is 27.2. The number of ether oxygens (including phenoxy) is 2. The maximum atomic E-state index is 13.8. The van der Waals surface area contributed by atoms with Gasteiger partial charge in [-0.1, -0.05) is 23.7 Å². The minimum Gasteiger partial charge on any atom is -1.00 e. The lowest BCUT2D eigenvalue weighted by molar-refractivity contribution is -0.0000172. The molecule has 2 N–H and O–H groups in total. The standard InChI is InChI=1S/C30H30N2O5.ClH/c1-19(28-5-3-4-14-31-28)37-26-16-22(20-6-10-24(33)11-7-20)15-23(17-26)30(34)27-18-36-32-29(27)21-8-12-25(35-2)13-9-21;/h6-13,15-19,28,31,33H,3-5,14H2,1-2H3;1H/p-1. The second kappa shape index (κ2) is 12.2. The van der Waals surface area contributed by atoms with E-state index < -0.39 is 0 Å². The molecule has 0 spiro atoms. The fraction of sp³-hybridized carbons (Fsp3) is 0.267. The number of nitrogens with zero attached hydrogens (tertiary/aromatic N) is 1. The Labute approximate surface area is 228 Å². The van der Waals surface area contributed by atoms with Crippen molar-refractivity contribution < 1.29 is 36.3 Å². The van der Waals surface area contributed by atoms with Crippen LogP contribution >= 0.6 is 0 Å². The Balaban J connectivity index is 0.00000336. The number of aromatic nitrogens is 1. The van der Waals surface area contributed by atoms with Gasteiger partial charge in [0, 0.05) is 17.2 Å². The van der Waals surface area contributed by atoms with E-state index in [4.69, 9.17) is 14.0 Å². The first-order valence-electron chi connectivity index (χ1n) is 12.5. The molecule has 7 nitrogen and oxygen atoms in total. The average molecular weight is 534 g/mol. The topological polar surface area (TPSA) is 93.8 Å². The molecule has 3 aromatic carbocycles. The Hall–Kier alpha value is -3.81. The molecule has 0 radical (unpaired) electrons. The Morgan fingerprint density at radius 1 is 1.00 bits per heavy atom. The summed E-state index contributed by atoms with van der Waals surface area (Å²) in [5.74, 6) is 1.28. The van der Waals surface area contributed by atoms with Gasteiger partial charge in [0.05, 0.1) is 12.7 Å². The van der Waals surface area contributed by atoms with E-state index in [0.29, 0.717) is 28.3 Å². The quantitative estimate of drug-likeness (QED) is 0.336. The van der Waals surface area contributed by atoms with Gasteiger partial charge in [0.25, 0.3) is 0 Å². The molecule has 2 unspecified atom stereocenters. The zero-order valence-electron chi connectivity index (χ0n) is 21.3. The Kier molecular flexibility index (Phi) is 8.71. The van der Waals surface area contributed by atoms with Gasteiger partial charge in [-0.25, -0.2) is 0 Å². The van der Waals surface area contributed by atoms with Crippen molar-refractivity contribution in [3.8, 4) is 39.6 Å². The molecule has 2 atom stereocenters. The van der Waals surface area contributed by atoms with Gasteiger partial charge in [0.1, 0.15) is 35.3 Å². The molecule has 198 valence electrons. The monoisotopic (exact) mass is 533 g/mol. The third kappa shape index (κ3) is 6.01. The number of benzene rings is 3. The highest BCUT2D eigenvalue weighted by Crippen LogP contribution is 2.32. The van der Waals surface area contributed by atoms with Crippen LogP contribution in [0.15, 0.2) is 77.5 Å². The predicted molar refractivity (Wildman–Crippen MR) is 141 cm³/mol. The minimum atomic E-state index is -0.221. The van der Waals surface area contributed by atoms with E-state index in [-0.39, 0.29) is 36.1 Å². The van der Waals surface area contributed by atoms with Crippen molar-refractivity contribution in [1.82, 2.24) is 10.5 Å². The number of carbonyl (C=O) groups excluding carboxylic acids is 1. The zero-order valence-corrected chi connectivity index (χ0v) is 22.1. The second-order valence-corrected chi connectivity index (χ2v) is 9.31. The Bertz CT molecular complexity index is 1360. The van der Waals surface area contributed by atoms with Crippen molar-refractivity contribution in [3.63, 3.8) is 0 Å². The number of ketones is 1. The minimum absolute atomic E-state index is 0. The largest absolute Gasteiger partial charge is 1.00 e. The van der Waals surface area contributed by atoms with Crippen LogP contribution in [-0.4, -0.2) is 41.8 Å². The number of hydrogen-bond acceptors (Lipinski definition) is 7. The molecule has 1 aliphatic heterocycles. The average Bonchev–Trinajstić information content (AvgIpc) is 3.43. The van der Waals surface area contributed by atoms with Gasteiger partial charge in [0.2, 0.25) is 0 Å². The number of carbonyl (C=O) groups is 1. The summed E-state index contributed by atoms with van der Waals surface area (Å²) >= 11 is 0. The van der Waals surface area contributed by atoms with Crippen molar-refractivity contribution in [2.45, 2.75) is 38.3 Å². The Morgan fingerprint density at radius 2 is 1.74 bits per heavy atom. The van der Waals surface area contributed by atoms with Gasteiger partial charge in [-0.05, 0) is 92.0 Å². The molecule has 2 heterocycles. The van der Waals surface area contributed by atoms with E-state index in [1.54, 1.807) is 25.3 Å². The van der Waals surface area contributed by atoms with Gasteiger partial charge in [0.15, 0.2) is 5.78 Å². The molecule has 4 aromatic rings. The van der Waals surface area contributed by atoms with Crippen LogP contribution in [0.2, 0.25) is 0 Å². The van der Waals surface area contributed by atoms with Crippen LogP contribution in [0.25, 0.3) is 22.4 Å². The normalized spacial score (nSPS) is 15.8. The number of phenols is 1. The molecule has 0 saturated carbocycles. The fourth-order valence-corrected chi connectivity index (χ4v) is 4.71. The summed E-state index contributed by atoms with van der Waals surface area (Å²) in [6.45, 7) is 3.04. The van der Waals surface area contributed by atoms with Crippen LogP contribution < -0.4 is 27.2 Å². The summed E-state index contributed by atoms with van der Waals surface area (Å²) in [7, 11) is 1.60. The first-order valence-corrected chi connectivity index (χ1v) is 12.5. The Morgan fingerprint density at radius 3 is 2.42 bits per heavy atom. The summed E-state index contributed by atoms with van der Waals surface area (Å²) < 4.78 is 16.8. The van der Waals surface area contributed by atoms with Gasteiger partial charge in [-0.15, -0.1) is 0 Å². The van der Waals surface area contributed by atoms with Crippen LogP contribution in [-0.2, 0) is 0 Å². The second-order valence-electron chi connectivity index (χ2n) is 9.31. The number of phenolic OH excluding ortho intramolecular Hbond substituents is 1. The third-order valence-electron chi connectivity index (χ3n) is 6.78. The van der Waals surface area contributed by atoms with E-state index in [2.05, 4.69) is 17.4 Å². The summed E-state index contributed by atoms with van der Waals surface area (Å²) in [6, 6.07) is 20.0. The molecule has 0 amide bonds. The molecular formula is C30H30ClN2O5-. The van der Waals surface area contributed by atoms with Crippen LogP contribution in [0.4, 0.5) is 0 Å². The van der Waals surface area contributed by atoms with Crippen molar-refractivity contribution in [1.29, 1.82) is 0 Å². The number of nitrogens with one attached hydrogen (secondary N) is 1. The van der Waals surface area contributed by atoms with Crippen LogP contribution in [0, 0.1) is 0 Å². The van der Waals surface area contributed by atoms with E-state index >= 15 is 0 Å². The highest BCUT2D eigenvalue weighted by molar-refractivity contribution is 6.12. The molecule has 5 rings (SSSR count). The van der Waals surface area contributed by atoms with Crippen LogP contribution in [0.1, 0.15) is 42.1 Å². The molecule has 1 aromatic heterocycles. The number of halogens is 1. The van der Waals surface area contributed by atoms with Gasteiger partial charge in [-0.2, -0.15) is 0 Å². The van der Waals surface area contributed by atoms with E-state index in [1.165, 1.54) is 19.1 Å². The smallest absolute Gasteiger partial charge is 0.198 e. The maximum Gasteiger partial charge on any atom is 0.198 e. The molecule has 1 saturated heterocycles. The predicted octanol–water partition coefficient (Wildman–Crippen LogP) is 2.87. The molecule has 1 fully saturated rings. The van der Waals surface area contributed by atoms with Crippen molar-refractivity contribution in [2.75, 3.05) is 13.7 Å². The number of piperidine rings is 1. The molecule has 8 heteroatoms. The SMILES string of the molecule is COc1ccc(-c2nocc2C(=O)c2cc(OC(C)C3CCCCN3)cc(-c3ccc(O)cc3)c2)cc1.[Cl-].